The molecule has 0 bridgehead atoms. The van der Waals surface area contributed by atoms with Gasteiger partial charge in [0.15, 0.2) is 6.29 Å². The lowest BCUT2D eigenvalue weighted by Crippen LogP contribution is -2.42. The molecule has 21 heavy (non-hydrogen) atoms. The van der Waals surface area contributed by atoms with Gasteiger partial charge in [0.05, 0.1) is 25.5 Å². The van der Waals surface area contributed by atoms with Crippen LogP contribution in [0.4, 0.5) is 4.79 Å². The molecular weight excluding hydrogens is 276 g/mol. The first-order valence-electron chi connectivity index (χ1n) is 7.18. The summed E-state index contributed by atoms with van der Waals surface area (Å²) in [5.74, 6) is -0.483. The first kappa shape index (κ1) is 15.8. The Kier molecular flexibility index (Phi) is 5.58. The minimum absolute atomic E-state index is 0.0235. The molecule has 1 saturated heterocycles. The second-order valence-corrected chi connectivity index (χ2v) is 5.28. The number of imide groups is 1. The number of urea groups is 1. The quantitative estimate of drug-likeness (QED) is 0.585. The Morgan fingerprint density at radius 2 is 2.14 bits per heavy atom. The number of amides is 3. The maximum absolute atomic E-state index is 11.7. The van der Waals surface area contributed by atoms with Crippen molar-refractivity contribution in [2.45, 2.75) is 51.0 Å². The van der Waals surface area contributed by atoms with Crippen LogP contribution < -0.4 is 10.6 Å². The summed E-state index contributed by atoms with van der Waals surface area (Å²) < 4.78 is 15.9. The third-order valence-corrected chi connectivity index (χ3v) is 3.39. The Balaban J connectivity index is 1.65. The monoisotopic (exact) mass is 298 g/mol. The van der Waals surface area contributed by atoms with Gasteiger partial charge >= 0.3 is 6.03 Å². The van der Waals surface area contributed by atoms with E-state index in [9.17, 15) is 9.59 Å². The average Bonchev–Trinajstić information content (AvgIpc) is 3.17. The minimum atomic E-state index is -0.524. The molecular formula is C14H22N2O5. The summed E-state index contributed by atoms with van der Waals surface area (Å²) in [4.78, 5) is 23.2. The van der Waals surface area contributed by atoms with E-state index in [0.717, 1.165) is 32.3 Å². The Morgan fingerprint density at radius 3 is 2.81 bits per heavy atom. The molecule has 1 unspecified atom stereocenters. The van der Waals surface area contributed by atoms with E-state index in [1.807, 2.05) is 0 Å². The van der Waals surface area contributed by atoms with E-state index in [1.165, 1.54) is 13.4 Å². The van der Waals surface area contributed by atoms with Gasteiger partial charge in [-0.25, -0.2) is 4.79 Å². The second kappa shape index (κ2) is 7.42. The summed E-state index contributed by atoms with van der Waals surface area (Å²) in [5.41, 5.74) is 0.326. The minimum Gasteiger partial charge on any atom is -0.504 e. The lowest BCUT2D eigenvalue weighted by Gasteiger charge is -2.22. The van der Waals surface area contributed by atoms with Crippen molar-refractivity contribution in [2.24, 2.45) is 0 Å². The Bertz CT molecular complexity index is 418. The Labute approximate surface area is 124 Å². The van der Waals surface area contributed by atoms with Gasteiger partial charge in [-0.2, -0.15) is 0 Å². The van der Waals surface area contributed by atoms with Gasteiger partial charge in [0.1, 0.15) is 0 Å². The first-order valence-corrected chi connectivity index (χ1v) is 7.18. The highest BCUT2D eigenvalue weighted by atomic mass is 16.7. The van der Waals surface area contributed by atoms with Gasteiger partial charge in [-0.1, -0.05) is 0 Å². The molecule has 0 radical (unpaired) electrons. The molecule has 1 saturated carbocycles. The highest BCUT2D eigenvalue weighted by Gasteiger charge is 2.41. The maximum Gasteiger partial charge on any atom is 0.322 e. The van der Waals surface area contributed by atoms with Crippen LogP contribution in [-0.4, -0.2) is 44.1 Å². The molecule has 2 aliphatic rings. The van der Waals surface area contributed by atoms with Gasteiger partial charge in [-0.05, 0) is 32.6 Å². The predicted molar refractivity (Wildman–Crippen MR) is 74.3 cm³/mol. The Morgan fingerprint density at radius 1 is 1.33 bits per heavy atom. The summed E-state index contributed by atoms with van der Waals surface area (Å²) in [7, 11) is 1.44. The van der Waals surface area contributed by atoms with Crippen LogP contribution in [-0.2, 0) is 19.0 Å². The number of hydrogen-bond acceptors (Lipinski definition) is 5. The standard InChI is InChI=1S/C14H22N2O5/c1-9(8-19-2)13(17)16-14(18)15-10-7-11(10)21-12-5-3-4-6-20-12/h8,10-12H,3-7H2,1-2H3,(H2,15,16,17,18)/b9-8+/t10-,11-,12?/m0/s1. The van der Waals surface area contributed by atoms with Gasteiger partial charge < -0.3 is 19.5 Å². The van der Waals surface area contributed by atoms with Crippen LogP contribution in [0, 0.1) is 0 Å². The van der Waals surface area contributed by atoms with Gasteiger partial charge in [-0.15, -0.1) is 0 Å². The molecule has 0 aromatic rings. The van der Waals surface area contributed by atoms with Crippen LogP contribution in [0.5, 0.6) is 0 Å². The van der Waals surface area contributed by atoms with Crippen molar-refractivity contribution >= 4 is 11.9 Å². The third kappa shape index (κ3) is 5.02. The number of hydrogen-bond donors (Lipinski definition) is 2. The SMILES string of the molecule is CO/C=C(\C)C(=O)NC(=O)N[C@H]1C[C@@H]1OC1CCCCO1. The number of nitrogens with one attached hydrogen (secondary N) is 2. The topological polar surface area (TPSA) is 85.9 Å². The summed E-state index contributed by atoms with van der Waals surface area (Å²) in [5, 5.41) is 4.94. The van der Waals surface area contributed by atoms with Crippen LogP contribution >= 0.6 is 0 Å². The maximum atomic E-state index is 11.7. The average molecular weight is 298 g/mol. The highest BCUT2D eigenvalue weighted by Crippen LogP contribution is 2.29. The molecule has 2 fully saturated rings. The molecule has 7 heteroatoms. The molecule has 2 rings (SSSR count). The first-order chi connectivity index (χ1) is 10.1. The van der Waals surface area contributed by atoms with Crippen LogP contribution in [0.25, 0.3) is 0 Å². The number of carbonyl (C=O) groups excluding carboxylic acids is 2. The molecule has 3 amide bonds. The van der Waals surface area contributed by atoms with E-state index in [0.29, 0.717) is 5.57 Å². The molecule has 3 atom stereocenters. The molecule has 1 aliphatic heterocycles. The fourth-order valence-electron chi connectivity index (χ4n) is 2.12. The van der Waals surface area contributed by atoms with Crippen molar-refractivity contribution in [1.29, 1.82) is 0 Å². The lowest BCUT2D eigenvalue weighted by molar-refractivity contribution is -0.169. The summed E-state index contributed by atoms with van der Waals surface area (Å²) in [6, 6.07) is -0.584. The van der Waals surface area contributed by atoms with Crippen molar-refractivity contribution in [3.8, 4) is 0 Å². The summed E-state index contributed by atoms with van der Waals surface area (Å²) in [6.45, 7) is 2.30. The van der Waals surface area contributed by atoms with Crippen molar-refractivity contribution in [2.75, 3.05) is 13.7 Å². The van der Waals surface area contributed by atoms with E-state index >= 15 is 0 Å². The Hall–Kier alpha value is -1.60. The van der Waals surface area contributed by atoms with Crippen LogP contribution in [0.15, 0.2) is 11.8 Å². The fourth-order valence-corrected chi connectivity index (χ4v) is 2.12. The summed E-state index contributed by atoms with van der Waals surface area (Å²) in [6.07, 6.45) is 4.92. The van der Waals surface area contributed by atoms with Crippen LogP contribution in [0.3, 0.4) is 0 Å². The van der Waals surface area contributed by atoms with Crippen molar-refractivity contribution < 1.29 is 23.8 Å². The van der Waals surface area contributed by atoms with Gasteiger partial charge in [0, 0.05) is 12.2 Å². The molecule has 118 valence electrons. The van der Waals surface area contributed by atoms with Gasteiger partial charge in [0.2, 0.25) is 0 Å². The van der Waals surface area contributed by atoms with E-state index in [-0.39, 0.29) is 18.4 Å². The van der Waals surface area contributed by atoms with E-state index in [2.05, 4.69) is 10.6 Å². The predicted octanol–water partition coefficient (Wildman–Crippen LogP) is 1.05. The van der Waals surface area contributed by atoms with E-state index in [1.54, 1.807) is 6.92 Å². The largest absolute Gasteiger partial charge is 0.504 e. The molecule has 0 aromatic heterocycles. The zero-order valence-electron chi connectivity index (χ0n) is 12.4. The number of methoxy groups -OCH3 is 1. The van der Waals surface area contributed by atoms with Gasteiger partial charge in [0.25, 0.3) is 5.91 Å². The number of rotatable bonds is 5. The van der Waals surface area contributed by atoms with Crippen molar-refractivity contribution in [3.05, 3.63) is 11.8 Å². The van der Waals surface area contributed by atoms with E-state index < -0.39 is 11.9 Å². The summed E-state index contributed by atoms with van der Waals surface area (Å²) >= 11 is 0. The molecule has 0 aromatic carbocycles. The molecule has 1 aliphatic carbocycles. The number of carbonyl (C=O) groups is 2. The molecule has 0 spiro atoms. The number of ether oxygens (including phenoxy) is 3. The zero-order chi connectivity index (χ0) is 15.2. The van der Waals surface area contributed by atoms with Crippen molar-refractivity contribution in [1.82, 2.24) is 10.6 Å². The second-order valence-electron chi connectivity index (χ2n) is 5.28. The van der Waals surface area contributed by atoms with Crippen LogP contribution in [0.2, 0.25) is 0 Å². The smallest absolute Gasteiger partial charge is 0.322 e. The highest BCUT2D eigenvalue weighted by molar-refractivity contribution is 6.03. The molecule has 7 nitrogen and oxygen atoms in total. The normalized spacial score (nSPS) is 28.7. The molecule has 2 N–H and O–H groups in total. The lowest BCUT2D eigenvalue weighted by atomic mass is 10.2. The molecule has 1 heterocycles. The fraction of sp³-hybridized carbons (Fsp3) is 0.714. The van der Waals surface area contributed by atoms with Gasteiger partial charge in [-0.3, -0.25) is 10.1 Å². The third-order valence-electron chi connectivity index (χ3n) is 3.39. The van der Waals surface area contributed by atoms with E-state index in [4.69, 9.17) is 14.2 Å². The zero-order valence-corrected chi connectivity index (χ0v) is 12.4. The van der Waals surface area contributed by atoms with Crippen LogP contribution in [0.1, 0.15) is 32.6 Å². The van der Waals surface area contributed by atoms with Crippen molar-refractivity contribution in [3.63, 3.8) is 0 Å².